The van der Waals surface area contributed by atoms with Crippen LogP contribution in [0.5, 0.6) is 0 Å². The molecule has 1 unspecified atom stereocenters. The largest absolute Gasteiger partial charge is 0.481 e. The fourth-order valence-corrected chi connectivity index (χ4v) is 3.82. The summed E-state index contributed by atoms with van der Waals surface area (Å²) >= 11 is 0. The number of carbonyl (C=O) groups excluding carboxylic acids is 1. The van der Waals surface area contributed by atoms with Gasteiger partial charge in [-0.2, -0.15) is 0 Å². The normalized spacial score (nSPS) is 17.0. The van der Waals surface area contributed by atoms with Crippen LogP contribution in [-0.4, -0.2) is 49.0 Å². The lowest BCUT2D eigenvalue weighted by molar-refractivity contribution is -0.137. The van der Waals surface area contributed by atoms with Crippen LogP contribution in [-0.2, 0) is 4.79 Å². The number of aromatic nitrogens is 3. The van der Waals surface area contributed by atoms with Gasteiger partial charge in [0.05, 0.1) is 16.6 Å². The molecule has 28 heavy (non-hydrogen) atoms. The molecule has 1 aliphatic rings. The van der Waals surface area contributed by atoms with Crippen molar-refractivity contribution in [3.05, 3.63) is 54.5 Å². The molecule has 1 fully saturated rings. The number of rotatable bonds is 5. The van der Waals surface area contributed by atoms with Crippen LogP contribution in [0.2, 0.25) is 0 Å². The lowest BCUT2D eigenvalue weighted by Gasteiger charge is -2.35. The second-order valence-electron chi connectivity index (χ2n) is 7.09. The fourth-order valence-electron chi connectivity index (χ4n) is 3.82. The number of benzene rings is 1. The van der Waals surface area contributed by atoms with Crippen molar-refractivity contribution in [3.8, 4) is 5.82 Å². The van der Waals surface area contributed by atoms with Crippen LogP contribution in [0, 0.1) is 0 Å². The minimum atomic E-state index is -0.823. The van der Waals surface area contributed by atoms with E-state index < -0.39 is 5.97 Å². The fraction of sp³-hybridized carbons (Fsp3) is 0.333. The highest BCUT2D eigenvalue weighted by Crippen LogP contribution is 2.23. The zero-order chi connectivity index (χ0) is 19.5. The summed E-state index contributed by atoms with van der Waals surface area (Å²) in [6.45, 7) is 0.664. The minimum absolute atomic E-state index is 0.0189. The van der Waals surface area contributed by atoms with E-state index in [2.05, 4.69) is 9.97 Å². The van der Waals surface area contributed by atoms with E-state index in [9.17, 15) is 9.59 Å². The molecule has 0 radical (unpaired) electrons. The number of imidazole rings is 1. The number of aliphatic carboxylic acids is 1. The summed E-state index contributed by atoms with van der Waals surface area (Å²) in [4.78, 5) is 34.5. The highest BCUT2D eigenvalue weighted by Gasteiger charge is 2.28. The maximum Gasteiger partial charge on any atom is 0.303 e. The van der Waals surface area contributed by atoms with Crippen LogP contribution in [0.15, 0.2) is 48.9 Å². The van der Waals surface area contributed by atoms with Gasteiger partial charge in [0, 0.05) is 25.2 Å². The van der Waals surface area contributed by atoms with E-state index in [1.165, 1.54) is 0 Å². The molecule has 1 aromatic carbocycles. The number of carboxylic acid groups (broad SMARTS) is 1. The van der Waals surface area contributed by atoms with Crippen molar-refractivity contribution in [1.82, 2.24) is 19.4 Å². The van der Waals surface area contributed by atoms with E-state index in [-0.39, 0.29) is 18.4 Å². The summed E-state index contributed by atoms with van der Waals surface area (Å²) in [5, 5.41) is 8.96. The average molecular weight is 378 g/mol. The first-order chi connectivity index (χ1) is 13.6. The molecular weight excluding hydrogens is 356 g/mol. The number of piperidine rings is 1. The van der Waals surface area contributed by atoms with Gasteiger partial charge in [0.15, 0.2) is 0 Å². The van der Waals surface area contributed by atoms with Crippen molar-refractivity contribution in [2.45, 2.75) is 38.1 Å². The number of likely N-dealkylation sites (tertiary alicyclic amines) is 1. The second-order valence-corrected chi connectivity index (χ2v) is 7.09. The van der Waals surface area contributed by atoms with Gasteiger partial charge < -0.3 is 10.0 Å². The van der Waals surface area contributed by atoms with Gasteiger partial charge in [-0.25, -0.2) is 9.97 Å². The van der Waals surface area contributed by atoms with Crippen LogP contribution < -0.4 is 0 Å². The van der Waals surface area contributed by atoms with E-state index in [1.807, 2.05) is 39.8 Å². The van der Waals surface area contributed by atoms with Crippen LogP contribution in [0.4, 0.5) is 0 Å². The average Bonchev–Trinajstić information content (AvgIpc) is 3.16. The molecule has 3 heterocycles. The van der Waals surface area contributed by atoms with E-state index in [0.29, 0.717) is 24.3 Å². The molecule has 1 aliphatic heterocycles. The maximum absolute atomic E-state index is 13.0. The second kappa shape index (κ2) is 7.80. The predicted octanol–water partition coefficient (Wildman–Crippen LogP) is 3.28. The molecule has 7 nitrogen and oxygen atoms in total. The number of carbonyl (C=O) groups is 2. The molecule has 0 saturated carbocycles. The van der Waals surface area contributed by atoms with Crippen molar-refractivity contribution in [2.75, 3.05) is 6.54 Å². The van der Waals surface area contributed by atoms with Gasteiger partial charge in [0.1, 0.15) is 12.1 Å². The molecule has 1 amide bonds. The Labute approximate surface area is 162 Å². The Bertz CT molecular complexity index is 996. The number of para-hydroxylation sites is 2. The Morgan fingerprint density at radius 3 is 2.75 bits per heavy atom. The number of amides is 1. The molecule has 1 atom stereocenters. The minimum Gasteiger partial charge on any atom is -0.481 e. The van der Waals surface area contributed by atoms with E-state index in [4.69, 9.17) is 5.11 Å². The third-order valence-corrected chi connectivity index (χ3v) is 5.27. The van der Waals surface area contributed by atoms with Gasteiger partial charge >= 0.3 is 5.97 Å². The van der Waals surface area contributed by atoms with Gasteiger partial charge in [-0.1, -0.05) is 12.1 Å². The summed E-state index contributed by atoms with van der Waals surface area (Å²) < 4.78 is 1.89. The van der Waals surface area contributed by atoms with Gasteiger partial charge in [-0.05, 0) is 49.9 Å². The van der Waals surface area contributed by atoms with Crippen molar-refractivity contribution >= 4 is 22.9 Å². The Morgan fingerprint density at radius 2 is 1.96 bits per heavy atom. The summed E-state index contributed by atoms with van der Waals surface area (Å²) in [7, 11) is 0. The quantitative estimate of drug-likeness (QED) is 0.736. The molecule has 0 aliphatic carbocycles. The molecule has 1 saturated heterocycles. The number of pyridine rings is 1. The van der Waals surface area contributed by atoms with Crippen molar-refractivity contribution in [3.63, 3.8) is 0 Å². The van der Waals surface area contributed by atoms with E-state index >= 15 is 0 Å². The Kier molecular flexibility index (Phi) is 5.06. The summed E-state index contributed by atoms with van der Waals surface area (Å²) in [5.41, 5.74) is 2.37. The number of hydrogen-bond acceptors (Lipinski definition) is 4. The first kappa shape index (κ1) is 18.2. The zero-order valence-electron chi connectivity index (χ0n) is 15.5. The zero-order valence-corrected chi connectivity index (χ0v) is 15.5. The van der Waals surface area contributed by atoms with E-state index in [1.54, 1.807) is 18.6 Å². The first-order valence-corrected chi connectivity index (χ1v) is 9.55. The predicted molar refractivity (Wildman–Crippen MR) is 104 cm³/mol. The van der Waals surface area contributed by atoms with Gasteiger partial charge in [-0.3, -0.25) is 14.2 Å². The number of hydrogen-bond donors (Lipinski definition) is 1. The third-order valence-electron chi connectivity index (χ3n) is 5.27. The smallest absolute Gasteiger partial charge is 0.303 e. The lowest BCUT2D eigenvalue weighted by Crippen LogP contribution is -2.44. The number of fused-ring (bicyclic) bond motifs is 1. The van der Waals surface area contributed by atoms with Crippen molar-refractivity contribution < 1.29 is 14.7 Å². The Morgan fingerprint density at radius 1 is 1.11 bits per heavy atom. The highest BCUT2D eigenvalue weighted by molar-refractivity contribution is 5.94. The molecule has 4 rings (SSSR count). The summed E-state index contributed by atoms with van der Waals surface area (Å²) in [6, 6.07) is 11.4. The maximum atomic E-state index is 13.0. The third kappa shape index (κ3) is 3.60. The van der Waals surface area contributed by atoms with Crippen LogP contribution >= 0.6 is 0 Å². The van der Waals surface area contributed by atoms with Crippen LogP contribution in [0.1, 0.15) is 42.5 Å². The van der Waals surface area contributed by atoms with Gasteiger partial charge in [-0.15, -0.1) is 0 Å². The highest BCUT2D eigenvalue weighted by atomic mass is 16.4. The first-order valence-electron chi connectivity index (χ1n) is 9.55. The molecule has 0 spiro atoms. The molecule has 144 valence electrons. The molecule has 2 aromatic heterocycles. The molecule has 3 aromatic rings. The van der Waals surface area contributed by atoms with E-state index in [0.717, 1.165) is 30.3 Å². The number of nitrogens with zero attached hydrogens (tertiary/aromatic N) is 4. The Balaban J connectivity index is 1.54. The molecule has 1 N–H and O–H groups in total. The lowest BCUT2D eigenvalue weighted by atomic mass is 9.97. The van der Waals surface area contributed by atoms with Gasteiger partial charge in [0.25, 0.3) is 5.91 Å². The molecular formula is C21H22N4O3. The van der Waals surface area contributed by atoms with Crippen LogP contribution in [0.25, 0.3) is 16.9 Å². The van der Waals surface area contributed by atoms with Crippen molar-refractivity contribution in [1.29, 1.82) is 0 Å². The SMILES string of the molecule is O=C(O)CCC1CCCCN1C(=O)c1ccc(-n2cnc3ccccc32)nc1. The van der Waals surface area contributed by atoms with Crippen molar-refractivity contribution in [2.24, 2.45) is 0 Å². The molecule has 7 heteroatoms. The summed E-state index contributed by atoms with van der Waals surface area (Å²) in [5.74, 6) is -0.201. The Hall–Kier alpha value is -3.22. The summed E-state index contributed by atoms with van der Waals surface area (Å²) in [6.07, 6.45) is 6.72. The van der Waals surface area contributed by atoms with Crippen LogP contribution in [0.3, 0.4) is 0 Å². The molecule has 0 bridgehead atoms. The topological polar surface area (TPSA) is 88.3 Å². The monoisotopic (exact) mass is 378 g/mol. The van der Waals surface area contributed by atoms with Gasteiger partial charge in [0.2, 0.25) is 0 Å². The number of carboxylic acids is 1. The standard InChI is InChI=1S/C21H22N4O3/c26-20(27)11-9-16-5-3-4-12-24(16)21(28)15-8-10-19(22-13-15)25-14-23-17-6-1-2-7-18(17)25/h1-2,6-8,10,13-14,16H,3-5,9,11-12H2,(H,26,27).